The number of nitrogens with zero attached hydrogens (tertiary/aromatic N) is 1. The summed E-state index contributed by atoms with van der Waals surface area (Å²) in [6.45, 7) is 0.866. The summed E-state index contributed by atoms with van der Waals surface area (Å²) in [5.41, 5.74) is 5.77. The van der Waals surface area contributed by atoms with Crippen molar-refractivity contribution in [3.63, 3.8) is 0 Å². The normalized spacial score (nSPS) is 9.57. The summed E-state index contributed by atoms with van der Waals surface area (Å²) < 4.78 is 5.16. The summed E-state index contributed by atoms with van der Waals surface area (Å²) in [7, 11) is 1.57. The Bertz CT molecular complexity index is 297. The predicted octanol–water partition coefficient (Wildman–Crippen LogP) is -0.221. The fourth-order valence-electron chi connectivity index (χ4n) is 0.908. The fourth-order valence-corrected chi connectivity index (χ4v) is 0.908. The van der Waals surface area contributed by atoms with E-state index in [9.17, 15) is 4.79 Å². The van der Waals surface area contributed by atoms with Gasteiger partial charge >= 0.3 is 0 Å². The second-order valence-electron chi connectivity index (χ2n) is 2.60. The topological polar surface area (TPSA) is 77.2 Å². The van der Waals surface area contributed by atoms with Crippen LogP contribution in [0.5, 0.6) is 5.88 Å². The first-order chi connectivity index (χ1) is 6.77. The molecule has 0 radical (unpaired) electrons. The van der Waals surface area contributed by atoms with E-state index in [1.54, 1.807) is 19.2 Å². The number of carbonyl (C=O) groups is 1. The minimum absolute atomic E-state index is 0.164. The Hall–Kier alpha value is -1.62. The van der Waals surface area contributed by atoms with Gasteiger partial charge in [0, 0.05) is 25.9 Å². The van der Waals surface area contributed by atoms with Gasteiger partial charge in [0.2, 0.25) is 5.88 Å². The molecule has 5 heteroatoms. The fraction of sp³-hybridized carbons (Fsp3) is 0.333. The van der Waals surface area contributed by atoms with E-state index in [1.165, 1.54) is 6.20 Å². The standard InChI is InChI=1S/C9H13N3O2/c1-11-9(13)7-2-3-8(12-6-7)14-5-4-10/h2-3,6H,4-5,10H2,1H3,(H,11,13). The average Bonchev–Trinajstić information content (AvgIpc) is 2.26. The van der Waals surface area contributed by atoms with Crippen LogP contribution in [0.4, 0.5) is 0 Å². The van der Waals surface area contributed by atoms with Crippen LogP contribution in [0.1, 0.15) is 10.4 Å². The summed E-state index contributed by atoms with van der Waals surface area (Å²) >= 11 is 0. The number of rotatable bonds is 4. The van der Waals surface area contributed by atoms with E-state index in [-0.39, 0.29) is 5.91 Å². The summed E-state index contributed by atoms with van der Waals surface area (Å²) in [5, 5.41) is 2.50. The Balaban J connectivity index is 2.63. The van der Waals surface area contributed by atoms with Crippen molar-refractivity contribution in [2.75, 3.05) is 20.2 Å². The zero-order valence-corrected chi connectivity index (χ0v) is 7.99. The molecule has 76 valence electrons. The number of ether oxygens (including phenoxy) is 1. The highest BCUT2D eigenvalue weighted by Gasteiger charge is 2.03. The maximum atomic E-state index is 11.1. The molecule has 5 nitrogen and oxygen atoms in total. The van der Waals surface area contributed by atoms with Crippen LogP contribution in [-0.4, -0.2) is 31.1 Å². The number of hydrogen-bond donors (Lipinski definition) is 2. The molecule has 0 aromatic carbocycles. The van der Waals surface area contributed by atoms with Crippen LogP contribution in [0, 0.1) is 0 Å². The Morgan fingerprint density at radius 1 is 1.64 bits per heavy atom. The van der Waals surface area contributed by atoms with Crippen molar-refractivity contribution in [3.8, 4) is 5.88 Å². The Morgan fingerprint density at radius 3 is 2.93 bits per heavy atom. The highest BCUT2D eigenvalue weighted by atomic mass is 16.5. The number of pyridine rings is 1. The van der Waals surface area contributed by atoms with Crippen LogP contribution >= 0.6 is 0 Å². The number of carbonyl (C=O) groups excluding carboxylic acids is 1. The highest BCUT2D eigenvalue weighted by Crippen LogP contribution is 2.06. The van der Waals surface area contributed by atoms with E-state index in [2.05, 4.69) is 10.3 Å². The van der Waals surface area contributed by atoms with Gasteiger partial charge < -0.3 is 15.8 Å². The molecule has 3 N–H and O–H groups in total. The average molecular weight is 195 g/mol. The number of aromatic nitrogens is 1. The molecule has 0 aliphatic carbocycles. The molecular formula is C9H13N3O2. The minimum atomic E-state index is -0.164. The van der Waals surface area contributed by atoms with E-state index in [0.717, 1.165) is 0 Å². The van der Waals surface area contributed by atoms with Gasteiger partial charge in [0.25, 0.3) is 5.91 Å². The van der Waals surface area contributed by atoms with Crippen LogP contribution in [0.25, 0.3) is 0 Å². The maximum Gasteiger partial charge on any atom is 0.252 e. The van der Waals surface area contributed by atoms with Crippen molar-refractivity contribution in [1.29, 1.82) is 0 Å². The molecule has 0 spiro atoms. The molecule has 0 saturated heterocycles. The molecular weight excluding hydrogens is 182 g/mol. The summed E-state index contributed by atoms with van der Waals surface area (Å²) in [5.74, 6) is 0.311. The van der Waals surface area contributed by atoms with Gasteiger partial charge in [0.1, 0.15) is 6.61 Å². The molecule has 0 atom stereocenters. The Kier molecular flexibility index (Phi) is 3.87. The quantitative estimate of drug-likeness (QED) is 0.696. The summed E-state index contributed by atoms with van der Waals surface area (Å²) in [4.78, 5) is 15.1. The molecule has 0 aliphatic heterocycles. The van der Waals surface area contributed by atoms with Gasteiger partial charge in [-0.15, -0.1) is 0 Å². The summed E-state index contributed by atoms with van der Waals surface area (Å²) in [6, 6.07) is 3.29. The van der Waals surface area contributed by atoms with Gasteiger partial charge in [-0.3, -0.25) is 4.79 Å². The SMILES string of the molecule is CNC(=O)c1ccc(OCCN)nc1. The number of amides is 1. The first kappa shape index (κ1) is 10.5. The first-order valence-electron chi connectivity index (χ1n) is 4.29. The molecule has 1 aromatic heterocycles. The predicted molar refractivity (Wildman–Crippen MR) is 52.2 cm³/mol. The van der Waals surface area contributed by atoms with Crippen LogP contribution < -0.4 is 15.8 Å². The Labute approximate surface area is 82.3 Å². The molecule has 0 fully saturated rings. The lowest BCUT2D eigenvalue weighted by Gasteiger charge is -2.03. The molecule has 0 unspecified atom stereocenters. The minimum Gasteiger partial charge on any atom is -0.476 e. The highest BCUT2D eigenvalue weighted by molar-refractivity contribution is 5.93. The van der Waals surface area contributed by atoms with Gasteiger partial charge in [-0.2, -0.15) is 0 Å². The van der Waals surface area contributed by atoms with Crippen LogP contribution in [0.3, 0.4) is 0 Å². The number of hydrogen-bond acceptors (Lipinski definition) is 4. The van der Waals surface area contributed by atoms with Crippen LogP contribution in [-0.2, 0) is 0 Å². The van der Waals surface area contributed by atoms with Crippen molar-refractivity contribution in [1.82, 2.24) is 10.3 Å². The molecule has 0 aliphatic rings. The van der Waals surface area contributed by atoms with Crippen molar-refractivity contribution in [3.05, 3.63) is 23.9 Å². The molecule has 1 rings (SSSR count). The van der Waals surface area contributed by atoms with Gasteiger partial charge in [-0.05, 0) is 6.07 Å². The lowest BCUT2D eigenvalue weighted by molar-refractivity contribution is 0.0962. The van der Waals surface area contributed by atoms with E-state index in [4.69, 9.17) is 10.5 Å². The van der Waals surface area contributed by atoms with Crippen molar-refractivity contribution in [2.45, 2.75) is 0 Å². The molecule has 0 bridgehead atoms. The first-order valence-corrected chi connectivity index (χ1v) is 4.29. The largest absolute Gasteiger partial charge is 0.476 e. The third kappa shape index (κ3) is 2.70. The second kappa shape index (κ2) is 5.18. The molecule has 1 amide bonds. The zero-order valence-electron chi connectivity index (χ0n) is 7.99. The Morgan fingerprint density at radius 2 is 2.43 bits per heavy atom. The molecule has 14 heavy (non-hydrogen) atoms. The van der Waals surface area contributed by atoms with Gasteiger partial charge in [0.15, 0.2) is 0 Å². The van der Waals surface area contributed by atoms with Crippen molar-refractivity contribution < 1.29 is 9.53 Å². The summed E-state index contributed by atoms with van der Waals surface area (Å²) in [6.07, 6.45) is 1.46. The second-order valence-corrected chi connectivity index (χ2v) is 2.60. The van der Waals surface area contributed by atoms with Gasteiger partial charge in [0.05, 0.1) is 5.56 Å². The molecule has 1 aromatic rings. The van der Waals surface area contributed by atoms with E-state index in [0.29, 0.717) is 24.6 Å². The maximum absolute atomic E-state index is 11.1. The lowest BCUT2D eigenvalue weighted by Crippen LogP contribution is -2.18. The lowest BCUT2D eigenvalue weighted by atomic mass is 10.3. The zero-order chi connectivity index (χ0) is 10.4. The monoisotopic (exact) mass is 195 g/mol. The van der Waals surface area contributed by atoms with Crippen molar-refractivity contribution in [2.24, 2.45) is 5.73 Å². The van der Waals surface area contributed by atoms with Gasteiger partial charge in [-0.1, -0.05) is 0 Å². The smallest absolute Gasteiger partial charge is 0.252 e. The molecule has 1 heterocycles. The van der Waals surface area contributed by atoms with Crippen LogP contribution in [0.2, 0.25) is 0 Å². The van der Waals surface area contributed by atoms with Crippen LogP contribution in [0.15, 0.2) is 18.3 Å². The number of nitrogens with one attached hydrogen (secondary N) is 1. The number of nitrogens with two attached hydrogens (primary N) is 1. The van der Waals surface area contributed by atoms with Gasteiger partial charge in [-0.25, -0.2) is 4.98 Å². The van der Waals surface area contributed by atoms with E-state index < -0.39 is 0 Å². The van der Waals surface area contributed by atoms with E-state index in [1.807, 2.05) is 0 Å². The van der Waals surface area contributed by atoms with E-state index >= 15 is 0 Å². The third-order valence-electron chi connectivity index (χ3n) is 1.59. The third-order valence-corrected chi connectivity index (χ3v) is 1.59. The van der Waals surface area contributed by atoms with Crippen molar-refractivity contribution >= 4 is 5.91 Å². The molecule has 0 saturated carbocycles.